The fourth-order valence-corrected chi connectivity index (χ4v) is 3.37. The number of esters is 1. The van der Waals surface area contributed by atoms with E-state index >= 15 is 0 Å². The second kappa shape index (κ2) is 8.58. The molecule has 1 saturated heterocycles. The summed E-state index contributed by atoms with van der Waals surface area (Å²) in [5.41, 5.74) is -1.53. The zero-order valence-corrected chi connectivity index (χ0v) is 16.5. The second-order valence-electron chi connectivity index (χ2n) is 7.58. The Morgan fingerprint density at radius 3 is 2.46 bits per heavy atom. The van der Waals surface area contributed by atoms with Gasteiger partial charge in [-0.05, 0) is 20.8 Å². The summed E-state index contributed by atoms with van der Waals surface area (Å²) in [4.78, 5) is 44.8. The van der Waals surface area contributed by atoms with Crippen molar-refractivity contribution in [3.8, 4) is 0 Å². The van der Waals surface area contributed by atoms with Gasteiger partial charge >= 0.3 is 20.1 Å². The molecule has 1 aliphatic rings. The lowest BCUT2D eigenvalue weighted by atomic mass is 9.87. The molecule has 1 heterocycles. The highest BCUT2D eigenvalue weighted by molar-refractivity contribution is 7.55. The highest BCUT2D eigenvalue weighted by Gasteiger charge is 2.59. The lowest BCUT2D eigenvalue weighted by Gasteiger charge is -2.36. The summed E-state index contributed by atoms with van der Waals surface area (Å²) in [5.74, 6) is -2.18. The van der Waals surface area contributed by atoms with Crippen molar-refractivity contribution < 1.29 is 42.7 Å². The Kier molecular flexibility index (Phi) is 7.50. The van der Waals surface area contributed by atoms with Crippen LogP contribution in [0.1, 0.15) is 41.0 Å². The molecule has 0 aromatic rings. The van der Waals surface area contributed by atoms with Crippen LogP contribution in [0.3, 0.4) is 0 Å². The predicted molar refractivity (Wildman–Crippen MR) is 90.5 cm³/mol. The molecule has 0 aromatic heterocycles. The summed E-state index contributed by atoms with van der Waals surface area (Å²) in [7, 11) is -3.87. The van der Waals surface area contributed by atoms with Gasteiger partial charge in [-0.2, -0.15) is 9.42 Å². The van der Waals surface area contributed by atoms with Gasteiger partial charge in [0.05, 0.1) is 11.8 Å². The van der Waals surface area contributed by atoms with Gasteiger partial charge in [0, 0.05) is 12.0 Å². The summed E-state index contributed by atoms with van der Waals surface area (Å²) in [6.45, 7) is 7.66. The van der Waals surface area contributed by atoms with Crippen LogP contribution >= 0.6 is 8.17 Å². The lowest BCUT2D eigenvalue weighted by molar-refractivity contribution is -0.165. The summed E-state index contributed by atoms with van der Waals surface area (Å²) in [5, 5.41) is 11.1. The van der Waals surface area contributed by atoms with Crippen LogP contribution in [0.25, 0.3) is 0 Å². The third kappa shape index (κ3) is 6.77. The minimum absolute atomic E-state index is 0.0402. The number of carbonyl (C=O) groups is 3. The molecule has 150 valence electrons. The topological polar surface area (TPSA) is 141 Å². The normalized spacial score (nSPS) is 25.4. The van der Waals surface area contributed by atoms with E-state index < -0.39 is 49.7 Å². The molecular formula is C15H27NO9P+. The Morgan fingerprint density at radius 1 is 1.31 bits per heavy atom. The third-order valence-corrected chi connectivity index (χ3v) is 4.81. The molecule has 0 aromatic carbocycles. The van der Waals surface area contributed by atoms with Crippen molar-refractivity contribution in [3.05, 3.63) is 0 Å². The van der Waals surface area contributed by atoms with E-state index in [-0.39, 0.29) is 19.6 Å². The lowest BCUT2D eigenvalue weighted by Crippen LogP contribution is -2.50. The molecule has 1 amide bonds. The Hall–Kier alpha value is -1.32. The molecule has 1 fully saturated rings. The molecule has 1 aliphatic heterocycles. The average Bonchev–Trinajstić information content (AvgIpc) is 2.48. The van der Waals surface area contributed by atoms with E-state index in [0.29, 0.717) is 0 Å². The van der Waals surface area contributed by atoms with Gasteiger partial charge in [-0.1, -0.05) is 13.8 Å². The summed E-state index contributed by atoms with van der Waals surface area (Å²) < 4.78 is 20.5. The number of carboxylic acid groups (broad SMARTS) is 1. The zero-order chi connectivity index (χ0) is 20.2. The van der Waals surface area contributed by atoms with Crippen LogP contribution in [0.4, 0.5) is 0 Å². The highest BCUT2D eigenvalue weighted by atomic mass is 31.2. The van der Waals surface area contributed by atoms with Crippen LogP contribution in [0, 0.1) is 10.8 Å². The summed E-state index contributed by atoms with van der Waals surface area (Å²) >= 11 is 0. The van der Waals surface area contributed by atoms with Gasteiger partial charge in [0.15, 0.2) is 6.10 Å². The first kappa shape index (κ1) is 22.7. The molecule has 0 bridgehead atoms. The molecule has 26 heavy (non-hydrogen) atoms. The molecule has 0 saturated carbocycles. The number of hydrogen-bond acceptors (Lipinski definition) is 8. The number of aliphatic carboxylic acids is 1. The molecule has 0 aliphatic carbocycles. The van der Waals surface area contributed by atoms with Crippen molar-refractivity contribution in [1.82, 2.24) is 5.32 Å². The van der Waals surface area contributed by atoms with Gasteiger partial charge in [-0.25, -0.2) is 0 Å². The maximum absolute atomic E-state index is 12.3. The minimum atomic E-state index is -3.87. The Bertz CT molecular complexity index is 546. The van der Waals surface area contributed by atoms with Crippen LogP contribution in [0.2, 0.25) is 0 Å². The van der Waals surface area contributed by atoms with Gasteiger partial charge in [0.25, 0.3) is 5.91 Å². The number of hydrogen-bond donors (Lipinski definition) is 3. The van der Waals surface area contributed by atoms with E-state index in [1.165, 1.54) is 0 Å². The van der Waals surface area contributed by atoms with E-state index in [0.717, 1.165) is 0 Å². The predicted octanol–water partition coefficient (Wildman–Crippen LogP) is 1.25. The molecule has 1 unspecified atom stereocenters. The minimum Gasteiger partial charge on any atom is -0.481 e. The Morgan fingerprint density at radius 2 is 1.92 bits per heavy atom. The quantitative estimate of drug-likeness (QED) is 0.329. The van der Waals surface area contributed by atoms with Crippen LogP contribution < -0.4 is 5.32 Å². The van der Waals surface area contributed by atoms with Crippen molar-refractivity contribution in [1.29, 1.82) is 0 Å². The van der Waals surface area contributed by atoms with E-state index in [2.05, 4.69) is 5.32 Å². The molecule has 1 rings (SSSR count). The van der Waals surface area contributed by atoms with Crippen LogP contribution in [-0.2, 0) is 32.7 Å². The van der Waals surface area contributed by atoms with Gasteiger partial charge in [0.2, 0.25) is 6.79 Å². The van der Waals surface area contributed by atoms with Gasteiger partial charge in [-0.15, -0.1) is 9.05 Å². The van der Waals surface area contributed by atoms with Crippen molar-refractivity contribution >= 4 is 26.0 Å². The Labute approximate surface area is 152 Å². The zero-order valence-electron chi connectivity index (χ0n) is 15.6. The number of amides is 1. The van der Waals surface area contributed by atoms with E-state index in [4.69, 9.17) is 23.4 Å². The first-order chi connectivity index (χ1) is 11.8. The van der Waals surface area contributed by atoms with Crippen molar-refractivity contribution in [2.45, 2.75) is 47.1 Å². The molecule has 10 nitrogen and oxygen atoms in total. The molecular weight excluding hydrogens is 369 g/mol. The molecule has 11 heteroatoms. The van der Waals surface area contributed by atoms with Gasteiger partial charge in [0.1, 0.15) is 6.61 Å². The first-order valence-electron chi connectivity index (χ1n) is 8.03. The smallest absolute Gasteiger partial charge is 0.481 e. The third-order valence-electron chi connectivity index (χ3n) is 3.44. The fraction of sp³-hybridized carbons (Fsp3) is 0.800. The average molecular weight is 396 g/mol. The molecule has 0 radical (unpaired) electrons. The first-order valence-corrected chi connectivity index (χ1v) is 9.52. The number of nitrogens with one attached hydrogen (secondary N) is 1. The molecule has 3 N–H and O–H groups in total. The van der Waals surface area contributed by atoms with E-state index in [1.807, 2.05) is 0 Å². The number of carbonyl (C=O) groups excluding carboxylic acids is 2. The summed E-state index contributed by atoms with van der Waals surface area (Å²) in [6.07, 6.45) is -1.37. The fourth-order valence-electron chi connectivity index (χ4n) is 1.85. The maximum atomic E-state index is 12.3. The summed E-state index contributed by atoms with van der Waals surface area (Å²) in [6, 6.07) is 0. The van der Waals surface area contributed by atoms with Gasteiger partial charge in [-0.3, -0.25) is 14.4 Å². The molecule has 2 atom stereocenters. The van der Waals surface area contributed by atoms with E-state index in [1.54, 1.807) is 34.6 Å². The van der Waals surface area contributed by atoms with Crippen LogP contribution in [0.15, 0.2) is 0 Å². The van der Waals surface area contributed by atoms with Crippen LogP contribution in [-0.4, -0.2) is 53.9 Å². The van der Waals surface area contributed by atoms with Crippen molar-refractivity contribution in [3.63, 3.8) is 0 Å². The Balaban J connectivity index is 2.64. The number of rotatable bonds is 7. The highest BCUT2D eigenvalue weighted by Crippen LogP contribution is 2.63. The monoisotopic (exact) mass is 396 g/mol. The SMILES string of the molecule is CC(C)(C)C(=O)OCO[P+]1(O)OCC(C)(C)[C@H](C(=O)NCCC(=O)O)O1. The van der Waals surface area contributed by atoms with Gasteiger partial charge < -0.3 is 15.2 Å². The second-order valence-corrected chi connectivity index (χ2v) is 9.24. The maximum Gasteiger partial charge on any atom is 0.576 e. The van der Waals surface area contributed by atoms with Crippen molar-refractivity contribution in [2.24, 2.45) is 10.8 Å². The largest absolute Gasteiger partial charge is 0.576 e. The molecule has 0 spiro atoms. The number of carboxylic acids is 1. The van der Waals surface area contributed by atoms with Crippen LogP contribution in [0.5, 0.6) is 0 Å². The van der Waals surface area contributed by atoms with E-state index in [9.17, 15) is 19.3 Å². The number of ether oxygens (including phenoxy) is 1. The van der Waals surface area contributed by atoms with Crippen molar-refractivity contribution in [2.75, 3.05) is 19.9 Å². The standard InChI is InChI=1S/C15H26NO9P/c1-14(2,3)13(20)22-9-24-26(21)23-8-15(4,5)11(25-26)12(19)16-7-6-10(17)18/h11,21H,6-9H2,1-5H3,(H-,16,17,18,19)/p+1/t11-,26?/m0/s1.